The number of nitrogens with one attached hydrogen (secondary N) is 1. The second-order valence-electron chi connectivity index (χ2n) is 7.67. The van der Waals surface area contributed by atoms with Crippen molar-refractivity contribution in [2.24, 2.45) is 0 Å². The molecule has 0 aliphatic rings. The van der Waals surface area contributed by atoms with Gasteiger partial charge in [0.25, 0.3) is 5.56 Å². The number of carbonyl (C=O) groups is 1. The van der Waals surface area contributed by atoms with Crippen LogP contribution in [0.4, 0.5) is 0 Å². The van der Waals surface area contributed by atoms with Crippen molar-refractivity contribution in [2.45, 2.75) is 24.5 Å². The van der Waals surface area contributed by atoms with Gasteiger partial charge in [0.15, 0.2) is 5.16 Å². The van der Waals surface area contributed by atoms with E-state index in [1.807, 2.05) is 46.9 Å². The van der Waals surface area contributed by atoms with E-state index in [1.54, 1.807) is 24.9 Å². The largest absolute Gasteiger partial charge is 0.497 e. The molecule has 0 bridgehead atoms. The fraction of sp³-hybridized carbons (Fsp3) is 0.333. The molecule has 0 unspecified atom stereocenters. The third-order valence-corrected chi connectivity index (χ3v) is 6.36. The number of hydrogen-bond donors (Lipinski definition) is 1. The van der Waals surface area contributed by atoms with Crippen molar-refractivity contribution in [2.75, 3.05) is 33.1 Å². The molecule has 178 valence electrons. The molecule has 2 heterocycles. The third kappa shape index (κ3) is 5.23. The summed E-state index contributed by atoms with van der Waals surface area (Å²) in [5.74, 6) is 1.37. The molecule has 0 aliphatic carbocycles. The number of methoxy groups -OCH3 is 2. The van der Waals surface area contributed by atoms with Gasteiger partial charge in [-0.25, -0.2) is 0 Å². The van der Waals surface area contributed by atoms with E-state index in [9.17, 15) is 9.59 Å². The average Bonchev–Trinajstić information content (AvgIpc) is 3.29. The molecular weight excluding hydrogens is 454 g/mol. The minimum atomic E-state index is -0.112. The maximum absolute atomic E-state index is 13.0. The SMILES string of the molecule is COCCCn1c(=O)c2ccccc2n2c(SCC(=O)NCCc3ccc(OC)cc3)nnc12. The first-order valence-corrected chi connectivity index (χ1v) is 12.0. The number of rotatable bonds is 11. The Labute approximate surface area is 201 Å². The maximum Gasteiger partial charge on any atom is 0.262 e. The van der Waals surface area contributed by atoms with Crippen LogP contribution in [0.25, 0.3) is 16.7 Å². The van der Waals surface area contributed by atoms with E-state index < -0.39 is 0 Å². The zero-order valence-electron chi connectivity index (χ0n) is 19.2. The fourth-order valence-electron chi connectivity index (χ4n) is 3.72. The Morgan fingerprint density at radius 3 is 2.65 bits per heavy atom. The van der Waals surface area contributed by atoms with E-state index >= 15 is 0 Å². The summed E-state index contributed by atoms with van der Waals surface area (Å²) in [5.41, 5.74) is 1.73. The second-order valence-corrected chi connectivity index (χ2v) is 8.62. The van der Waals surface area contributed by atoms with Crippen LogP contribution in [0.15, 0.2) is 58.5 Å². The van der Waals surface area contributed by atoms with Gasteiger partial charge in [0.1, 0.15) is 5.75 Å². The molecule has 0 radical (unpaired) electrons. The fourth-order valence-corrected chi connectivity index (χ4v) is 4.49. The number of aromatic nitrogens is 4. The van der Waals surface area contributed by atoms with Crippen LogP contribution in [-0.2, 0) is 22.5 Å². The predicted octanol–water partition coefficient (Wildman–Crippen LogP) is 2.54. The number of amides is 1. The van der Waals surface area contributed by atoms with Crippen molar-refractivity contribution < 1.29 is 14.3 Å². The summed E-state index contributed by atoms with van der Waals surface area (Å²) in [5, 5.41) is 12.7. The Bertz CT molecular complexity index is 1330. The highest BCUT2D eigenvalue weighted by molar-refractivity contribution is 7.99. The number of carbonyl (C=O) groups excluding carboxylic acids is 1. The quantitative estimate of drug-likeness (QED) is 0.260. The van der Waals surface area contributed by atoms with Gasteiger partial charge in [0, 0.05) is 26.8 Å². The first-order chi connectivity index (χ1) is 16.6. The van der Waals surface area contributed by atoms with Crippen molar-refractivity contribution in [3.63, 3.8) is 0 Å². The molecule has 0 fully saturated rings. The lowest BCUT2D eigenvalue weighted by Crippen LogP contribution is -2.27. The Morgan fingerprint density at radius 1 is 1.09 bits per heavy atom. The van der Waals surface area contributed by atoms with Crippen molar-refractivity contribution >= 4 is 34.3 Å². The van der Waals surface area contributed by atoms with E-state index in [0.717, 1.165) is 23.3 Å². The normalized spacial score (nSPS) is 11.2. The number of fused-ring (bicyclic) bond motifs is 3. The molecule has 4 aromatic rings. The van der Waals surface area contributed by atoms with E-state index in [1.165, 1.54) is 11.8 Å². The average molecular weight is 482 g/mol. The molecule has 34 heavy (non-hydrogen) atoms. The molecular formula is C24H27N5O4S. The molecule has 0 spiro atoms. The Hall–Kier alpha value is -3.37. The Morgan fingerprint density at radius 2 is 1.88 bits per heavy atom. The van der Waals surface area contributed by atoms with E-state index in [-0.39, 0.29) is 17.2 Å². The van der Waals surface area contributed by atoms with Gasteiger partial charge >= 0.3 is 0 Å². The van der Waals surface area contributed by atoms with Crippen LogP contribution in [-0.4, -0.2) is 58.2 Å². The number of benzene rings is 2. The Kier molecular flexibility index (Phi) is 7.81. The highest BCUT2D eigenvalue weighted by atomic mass is 32.2. The summed E-state index contributed by atoms with van der Waals surface area (Å²) in [6.45, 7) is 1.54. The second kappa shape index (κ2) is 11.2. The first kappa shape index (κ1) is 23.8. The van der Waals surface area contributed by atoms with Gasteiger partial charge in [-0.15, -0.1) is 10.2 Å². The van der Waals surface area contributed by atoms with Gasteiger partial charge < -0.3 is 14.8 Å². The zero-order valence-corrected chi connectivity index (χ0v) is 20.0. The highest BCUT2D eigenvalue weighted by Gasteiger charge is 2.17. The number of ether oxygens (including phenoxy) is 2. The van der Waals surface area contributed by atoms with Gasteiger partial charge in [-0.2, -0.15) is 0 Å². The summed E-state index contributed by atoms with van der Waals surface area (Å²) in [7, 11) is 3.27. The molecule has 10 heteroatoms. The maximum atomic E-state index is 13.0. The lowest BCUT2D eigenvalue weighted by Gasteiger charge is -2.11. The molecule has 4 rings (SSSR count). The van der Waals surface area contributed by atoms with Crippen LogP contribution < -0.4 is 15.6 Å². The van der Waals surface area contributed by atoms with Crippen LogP contribution in [0.1, 0.15) is 12.0 Å². The number of para-hydroxylation sites is 1. The summed E-state index contributed by atoms with van der Waals surface area (Å²) in [4.78, 5) is 25.5. The van der Waals surface area contributed by atoms with Crippen LogP contribution >= 0.6 is 11.8 Å². The molecule has 9 nitrogen and oxygen atoms in total. The molecule has 0 aliphatic heterocycles. The standard InChI is InChI=1S/C24H27N5O4S/c1-32-15-5-14-28-22(31)19-6-3-4-7-20(19)29-23(28)26-27-24(29)34-16-21(30)25-13-12-17-8-10-18(33-2)11-9-17/h3-4,6-11H,5,12-16H2,1-2H3,(H,25,30). The molecule has 2 aromatic heterocycles. The molecule has 0 saturated heterocycles. The number of nitrogens with zero attached hydrogens (tertiary/aromatic N) is 4. The van der Waals surface area contributed by atoms with Gasteiger partial charge in [-0.05, 0) is 42.7 Å². The van der Waals surface area contributed by atoms with Crippen molar-refractivity contribution in [3.8, 4) is 5.75 Å². The first-order valence-electron chi connectivity index (χ1n) is 11.0. The molecule has 1 amide bonds. The van der Waals surface area contributed by atoms with Crippen LogP contribution in [0.3, 0.4) is 0 Å². The summed E-state index contributed by atoms with van der Waals surface area (Å²) in [6.07, 6.45) is 1.41. The van der Waals surface area contributed by atoms with Crippen molar-refractivity contribution in [1.82, 2.24) is 24.5 Å². The molecule has 2 aromatic carbocycles. The van der Waals surface area contributed by atoms with Crippen molar-refractivity contribution in [1.29, 1.82) is 0 Å². The van der Waals surface area contributed by atoms with E-state index in [2.05, 4.69) is 15.5 Å². The number of aryl methyl sites for hydroxylation is 1. The lowest BCUT2D eigenvalue weighted by atomic mass is 10.1. The summed E-state index contributed by atoms with van der Waals surface area (Å²) >= 11 is 1.29. The Balaban J connectivity index is 1.46. The summed E-state index contributed by atoms with van der Waals surface area (Å²) in [6, 6.07) is 15.2. The highest BCUT2D eigenvalue weighted by Crippen LogP contribution is 2.21. The summed E-state index contributed by atoms with van der Waals surface area (Å²) < 4.78 is 13.8. The van der Waals surface area contributed by atoms with Gasteiger partial charge in [0.2, 0.25) is 11.7 Å². The minimum Gasteiger partial charge on any atom is -0.497 e. The van der Waals surface area contributed by atoms with Gasteiger partial charge in [-0.3, -0.25) is 18.6 Å². The van der Waals surface area contributed by atoms with E-state index in [4.69, 9.17) is 9.47 Å². The molecule has 0 saturated carbocycles. The molecule has 1 N–H and O–H groups in total. The minimum absolute atomic E-state index is 0.0898. The number of hydrogen-bond acceptors (Lipinski definition) is 7. The van der Waals surface area contributed by atoms with Gasteiger partial charge in [0.05, 0.1) is 23.8 Å². The monoisotopic (exact) mass is 481 g/mol. The lowest BCUT2D eigenvalue weighted by molar-refractivity contribution is -0.118. The smallest absolute Gasteiger partial charge is 0.262 e. The zero-order chi connectivity index (χ0) is 23.9. The van der Waals surface area contributed by atoms with Crippen molar-refractivity contribution in [3.05, 3.63) is 64.4 Å². The van der Waals surface area contributed by atoms with Crippen LogP contribution in [0, 0.1) is 0 Å². The number of thioether (sulfide) groups is 1. The van der Waals surface area contributed by atoms with Crippen LogP contribution in [0.2, 0.25) is 0 Å². The van der Waals surface area contributed by atoms with Gasteiger partial charge in [-0.1, -0.05) is 36.0 Å². The third-order valence-electron chi connectivity index (χ3n) is 5.44. The molecule has 0 atom stereocenters. The predicted molar refractivity (Wildman–Crippen MR) is 132 cm³/mol. The van der Waals surface area contributed by atoms with Crippen LogP contribution in [0.5, 0.6) is 5.75 Å². The van der Waals surface area contributed by atoms with E-state index in [0.29, 0.717) is 42.4 Å². The topological polar surface area (TPSA) is 99.8 Å².